The van der Waals surface area contributed by atoms with Gasteiger partial charge in [-0.05, 0) is 18.6 Å². The van der Waals surface area contributed by atoms with Crippen molar-refractivity contribution in [3.8, 4) is 5.75 Å². The molecule has 20 heavy (non-hydrogen) atoms. The largest absolute Gasteiger partial charge is 0.487 e. The molecule has 0 saturated heterocycles. The van der Waals surface area contributed by atoms with E-state index in [9.17, 15) is 18.5 Å². The Balaban J connectivity index is 3.12. The molecular formula is C11H16N2O6S. The number of nitro groups is 1. The van der Waals surface area contributed by atoms with E-state index in [0.717, 1.165) is 6.07 Å². The van der Waals surface area contributed by atoms with Gasteiger partial charge in [-0.2, -0.15) is 0 Å². The van der Waals surface area contributed by atoms with E-state index in [0.29, 0.717) is 18.6 Å². The number of aryl methyl sites for hydroxylation is 1. The molecule has 0 aliphatic heterocycles. The molecule has 2 N–H and O–H groups in total. The number of ether oxygens (including phenoxy) is 2. The Morgan fingerprint density at radius 2 is 2.00 bits per heavy atom. The van der Waals surface area contributed by atoms with Crippen LogP contribution in [-0.4, -0.2) is 33.7 Å². The summed E-state index contributed by atoms with van der Waals surface area (Å²) < 4.78 is 32.8. The Kier molecular flexibility index (Phi) is 5.43. The third-order valence-electron chi connectivity index (χ3n) is 2.51. The van der Waals surface area contributed by atoms with Crippen LogP contribution < -0.4 is 9.88 Å². The van der Waals surface area contributed by atoms with Crippen molar-refractivity contribution in [2.24, 2.45) is 5.14 Å². The number of benzene rings is 1. The van der Waals surface area contributed by atoms with Crippen LogP contribution in [0.25, 0.3) is 0 Å². The van der Waals surface area contributed by atoms with Gasteiger partial charge in [0, 0.05) is 26.2 Å². The maximum atomic E-state index is 11.3. The van der Waals surface area contributed by atoms with Crippen LogP contribution in [0.2, 0.25) is 0 Å². The summed E-state index contributed by atoms with van der Waals surface area (Å²) in [5.74, 6) is 0.0102. The molecule has 0 aliphatic carbocycles. The minimum absolute atomic E-state index is 0.0102. The second kappa shape index (κ2) is 6.64. The Hall–Kier alpha value is -1.71. The van der Waals surface area contributed by atoms with Crippen molar-refractivity contribution >= 4 is 15.7 Å². The highest BCUT2D eigenvalue weighted by molar-refractivity contribution is 7.89. The summed E-state index contributed by atoms with van der Waals surface area (Å²) in [4.78, 5) is 9.97. The monoisotopic (exact) mass is 304 g/mol. The van der Waals surface area contributed by atoms with E-state index in [2.05, 4.69) is 0 Å². The molecule has 0 bridgehead atoms. The summed E-state index contributed by atoms with van der Waals surface area (Å²) >= 11 is 0. The van der Waals surface area contributed by atoms with E-state index < -0.39 is 20.6 Å². The third-order valence-corrected chi connectivity index (χ3v) is 3.56. The molecule has 1 aromatic carbocycles. The van der Waals surface area contributed by atoms with Gasteiger partial charge in [-0.3, -0.25) is 10.1 Å². The van der Waals surface area contributed by atoms with Crippen LogP contribution in [-0.2, 0) is 14.8 Å². The SMILES string of the molecule is COCCCOc1cc(C)c(S(N)(=O)=O)cc1[N+](=O)[O-]. The number of nitrogens with zero attached hydrogens (tertiary/aromatic N) is 1. The molecule has 0 unspecified atom stereocenters. The summed E-state index contributed by atoms with van der Waals surface area (Å²) in [7, 11) is -2.48. The van der Waals surface area contributed by atoms with Gasteiger partial charge < -0.3 is 9.47 Å². The zero-order valence-corrected chi connectivity index (χ0v) is 12.0. The predicted octanol–water partition coefficient (Wildman–Crippen LogP) is 0.966. The molecule has 0 saturated carbocycles. The van der Waals surface area contributed by atoms with Gasteiger partial charge in [-0.25, -0.2) is 13.6 Å². The first-order valence-electron chi connectivity index (χ1n) is 5.71. The number of nitro benzene ring substituents is 1. The number of methoxy groups -OCH3 is 1. The minimum atomic E-state index is -4.02. The quantitative estimate of drug-likeness (QED) is 0.455. The lowest BCUT2D eigenvalue weighted by Gasteiger charge is -2.10. The fraction of sp³-hybridized carbons (Fsp3) is 0.455. The van der Waals surface area contributed by atoms with E-state index in [1.807, 2.05) is 0 Å². The Morgan fingerprint density at radius 3 is 2.50 bits per heavy atom. The van der Waals surface area contributed by atoms with Gasteiger partial charge in [0.25, 0.3) is 0 Å². The van der Waals surface area contributed by atoms with Crippen LogP contribution in [0, 0.1) is 17.0 Å². The van der Waals surface area contributed by atoms with E-state index in [4.69, 9.17) is 14.6 Å². The Bertz CT molecular complexity index is 599. The van der Waals surface area contributed by atoms with Crippen molar-refractivity contribution in [1.82, 2.24) is 0 Å². The van der Waals surface area contributed by atoms with Crippen LogP contribution >= 0.6 is 0 Å². The van der Waals surface area contributed by atoms with Gasteiger partial charge in [0.2, 0.25) is 10.0 Å². The zero-order valence-electron chi connectivity index (χ0n) is 11.2. The lowest BCUT2D eigenvalue weighted by Crippen LogP contribution is -2.14. The summed E-state index contributed by atoms with van der Waals surface area (Å²) in [6.45, 7) is 2.18. The fourth-order valence-corrected chi connectivity index (χ4v) is 2.38. The molecule has 8 nitrogen and oxygen atoms in total. The van der Waals surface area contributed by atoms with Crippen LogP contribution in [0.1, 0.15) is 12.0 Å². The Labute approximate surface area is 116 Å². The molecule has 0 atom stereocenters. The topological polar surface area (TPSA) is 122 Å². The molecule has 1 rings (SSSR count). The molecule has 1 aromatic rings. The van der Waals surface area contributed by atoms with Crippen LogP contribution in [0.5, 0.6) is 5.75 Å². The molecule has 0 heterocycles. The van der Waals surface area contributed by atoms with E-state index >= 15 is 0 Å². The maximum absolute atomic E-state index is 11.3. The maximum Gasteiger partial charge on any atom is 0.312 e. The van der Waals surface area contributed by atoms with Crippen molar-refractivity contribution in [2.45, 2.75) is 18.2 Å². The minimum Gasteiger partial charge on any atom is -0.487 e. The average molecular weight is 304 g/mol. The zero-order chi connectivity index (χ0) is 15.3. The number of primary sulfonamides is 1. The third kappa shape index (κ3) is 4.15. The van der Waals surface area contributed by atoms with Gasteiger partial charge in [0.15, 0.2) is 5.75 Å². The lowest BCUT2D eigenvalue weighted by atomic mass is 10.2. The second-order valence-corrected chi connectivity index (χ2v) is 5.61. The van der Waals surface area contributed by atoms with Crippen molar-refractivity contribution < 1.29 is 22.8 Å². The molecular weight excluding hydrogens is 288 g/mol. The molecule has 0 amide bonds. The summed E-state index contributed by atoms with van der Waals surface area (Å²) in [5.41, 5.74) is -0.142. The van der Waals surface area contributed by atoms with Gasteiger partial charge >= 0.3 is 5.69 Å². The Morgan fingerprint density at radius 1 is 1.35 bits per heavy atom. The molecule has 9 heteroatoms. The molecule has 0 aromatic heterocycles. The molecule has 0 radical (unpaired) electrons. The lowest BCUT2D eigenvalue weighted by molar-refractivity contribution is -0.386. The first-order valence-corrected chi connectivity index (χ1v) is 7.25. The van der Waals surface area contributed by atoms with Crippen molar-refractivity contribution in [3.63, 3.8) is 0 Å². The number of sulfonamides is 1. The second-order valence-electron chi connectivity index (χ2n) is 4.08. The fourth-order valence-electron chi connectivity index (χ4n) is 1.60. The highest BCUT2D eigenvalue weighted by Crippen LogP contribution is 2.32. The van der Waals surface area contributed by atoms with Gasteiger partial charge in [0.05, 0.1) is 16.4 Å². The number of nitrogens with two attached hydrogens (primary N) is 1. The molecule has 0 fully saturated rings. The smallest absolute Gasteiger partial charge is 0.312 e. The highest BCUT2D eigenvalue weighted by Gasteiger charge is 2.22. The van der Waals surface area contributed by atoms with Crippen LogP contribution in [0.3, 0.4) is 0 Å². The van der Waals surface area contributed by atoms with Crippen molar-refractivity contribution in [3.05, 3.63) is 27.8 Å². The molecule has 0 spiro atoms. The summed E-state index contributed by atoms with van der Waals surface area (Å²) in [6.07, 6.45) is 0.559. The van der Waals surface area contributed by atoms with E-state index in [1.165, 1.54) is 20.1 Å². The number of rotatable bonds is 7. The molecule has 112 valence electrons. The van der Waals surface area contributed by atoms with Gasteiger partial charge in [-0.1, -0.05) is 0 Å². The standard InChI is InChI=1S/C11H16N2O6S/c1-8-6-10(19-5-3-4-18-2)9(13(14)15)7-11(8)20(12,16)17/h6-7H,3-5H2,1-2H3,(H2,12,16,17). The highest BCUT2D eigenvalue weighted by atomic mass is 32.2. The average Bonchev–Trinajstić information content (AvgIpc) is 2.32. The molecule has 0 aliphatic rings. The first-order chi connectivity index (χ1) is 9.27. The number of hydrogen-bond donors (Lipinski definition) is 1. The predicted molar refractivity (Wildman–Crippen MR) is 71.2 cm³/mol. The van der Waals surface area contributed by atoms with Crippen molar-refractivity contribution in [2.75, 3.05) is 20.3 Å². The van der Waals surface area contributed by atoms with Crippen molar-refractivity contribution in [1.29, 1.82) is 0 Å². The van der Waals surface area contributed by atoms with E-state index in [-0.39, 0.29) is 17.3 Å². The van der Waals surface area contributed by atoms with Gasteiger partial charge in [0.1, 0.15) is 0 Å². The van der Waals surface area contributed by atoms with Crippen LogP contribution in [0.4, 0.5) is 5.69 Å². The first kappa shape index (κ1) is 16.3. The van der Waals surface area contributed by atoms with Crippen LogP contribution in [0.15, 0.2) is 17.0 Å². The summed E-state index contributed by atoms with van der Waals surface area (Å²) in [5, 5.41) is 16.0. The van der Waals surface area contributed by atoms with Gasteiger partial charge in [-0.15, -0.1) is 0 Å². The normalized spacial score (nSPS) is 11.3. The summed E-state index contributed by atoms with van der Waals surface area (Å²) in [6, 6.07) is 2.21. The number of hydrogen-bond acceptors (Lipinski definition) is 6. The van der Waals surface area contributed by atoms with E-state index in [1.54, 1.807) is 0 Å².